The zero-order chi connectivity index (χ0) is 20.4. The fourth-order valence-corrected chi connectivity index (χ4v) is 3.23. The Bertz CT molecular complexity index is 993. The number of carbonyl (C=O) groups is 2. The quantitative estimate of drug-likeness (QED) is 0.721. The number of aromatic nitrogens is 1. The molecule has 0 spiro atoms. The normalized spacial score (nSPS) is 15.4. The number of methoxy groups -OCH3 is 2. The lowest BCUT2D eigenvalue weighted by molar-refractivity contribution is -0.143. The van der Waals surface area contributed by atoms with Gasteiger partial charge in [0.25, 0.3) is 5.56 Å². The van der Waals surface area contributed by atoms with Crippen LogP contribution in [0.1, 0.15) is 29.2 Å². The maximum absolute atomic E-state index is 12.9. The van der Waals surface area contributed by atoms with E-state index in [4.69, 9.17) is 14.2 Å². The largest absolute Gasteiger partial charge is 0.493 e. The van der Waals surface area contributed by atoms with E-state index in [1.165, 1.54) is 18.8 Å². The number of para-hydroxylation sites is 1. The summed E-state index contributed by atoms with van der Waals surface area (Å²) in [5.41, 5.74) is 1.34. The van der Waals surface area contributed by atoms with Crippen LogP contribution in [-0.2, 0) is 21.4 Å². The van der Waals surface area contributed by atoms with Gasteiger partial charge in [0.05, 0.1) is 26.2 Å². The molecule has 1 aliphatic heterocycles. The van der Waals surface area contributed by atoms with Gasteiger partial charge in [-0.05, 0) is 13.0 Å². The number of carbonyl (C=O) groups excluding carboxylic acids is 2. The molecule has 2 aromatic rings. The molecule has 148 valence electrons. The van der Waals surface area contributed by atoms with Gasteiger partial charge in [-0.2, -0.15) is 0 Å². The Morgan fingerprint density at radius 2 is 2.04 bits per heavy atom. The molecule has 1 aromatic carbocycles. The molecule has 0 amide bonds. The number of hydrogen-bond donors (Lipinski definition) is 0. The summed E-state index contributed by atoms with van der Waals surface area (Å²) >= 11 is 0. The van der Waals surface area contributed by atoms with E-state index in [1.54, 1.807) is 38.2 Å². The summed E-state index contributed by atoms with van der Waals surface area (Å²) in [6, 6.07) is 6.81. The van der Waals surface area contributed by atoms with Crippen LogP contribution in [-0.4, -0.2) is 37.3 Å². The summed E-state index contributed by atoms with van der Waals surface area (Å²) in [4.78, 5) is 36.7. The number of fused-ring (bicyclic) bond motifs is 1. The van der Waals surface area contributed by atoms with Crippen LogP contribution in [0.5, 0.6) is 17.2 Å². The number of benzene rings is 1. The van der Waals surface area contributed by atoms with Gasteiger partial charge in [-0.3, -0.25) is 9.59 Å². The van der Waals surface area contributed by atoms with E-state index in [2.05, 4.69) is 4.74 Å². The molecule has 1 aliphatic rings. The molecular weight excluding hydrogens is 366 g/mol. The zero-order valence-electron chi connectivity index (χ0n) is 16.1. The van der Waals surface area contributed by atoms with E-state index >= 15 is 0 Å². The lowest BCUT2D eigenvalue weighted by atomic mass is 9.86. The van der Waals surface area contributed by atoms with Gasteiger partial charge in [0.15, 0.2) is 18.1 Å². The fraction of sp³-hybridized carbons (Fsp3) is 0.350. The van der Waals surface area contributed by atoms with Crippen LogP contribution < -0.4 is 19.8 Å². The predicted molar refractivity (Wildman–Crippen MR) is 99.0 cm³/mol. The number of rotatable bonds is 5. The van der Waals surface area contributed by atoms with Crippen molar-refractivity contribution in [3.05, 3.63) is 51.4 Å². The van der Waals surface area contributed by atoms with Crippen molar-refractivity contribution in [3.63, 3.8) is 0 Å². The standard InChI is InChI=1S/C20H21NO7/c1-11-8-15-18(20(24)21(11)2)13(9-16(22)28-15)12-6-5-7-14(25-3)19(12)27-10-17(23)26-4/h5-8,13H,9-10H2,1-4H3. The van der Waals surface area contributed by atoms with Crippen molar-refractivity contribution in [2.45, 2.75) is 19.3 Å². The van der Waals surface area contributed by atoms with Gasteiger partial charge < -0.3 is 23.5 Å². The third-order valence-electron chi connectivity index (χ3n) is 4.78. The van der Waals surface area contributed by atoms with Gasteiger partial charge in [-0.1, -0.05) is 12.1 Å². The predicted octanol–water partition coefficient (Wildman–Crippen LogP) is 1.70. The molecule has 28 heavy (non-hydrogen) atoms. The van der Waals surface area contributed by atoms with E-state index in [9.17, 15) is 14.4 Å². The van der Waals surface area contributed by atoms with Crippen LogP contribution in [0.4, 0.5) is 0 Å². The maximum atomic E-state index is 12.9. The Kier molecular flexibility index (Phi) is 5.39. The first-order valence-electron chi connectivity index (χ1n) is 8.65. The first-order chi connectivity index (χ1) is 13.4. The fourth-order valence-electron chi connectivity index (χ4n) is 3.23. The summed E-state index contributed by atoms with van der Waals surface area (Å²) in [7, 11) is 4.38. The molecule has 0 radical (unpaired) electrons. The molecule has 3 rings (SSSR count). The highest BCUT2D eigenvalue weighted by Crippen LogP contribution is 2.43. The molecule has 0 N–H and O–H groups in total. The van der Waals surface area contributed by atoms with E-state index in [-0.39, 0.29) is 30.1 Å². The second kappa shape index (κ2) is 7.75. The molecule has 1 atom stereocenters. The Balaban J connectivity index is 2.17. The van der Waals surface area contributed by atoms with Gasteiger partial charge in [0.1, 0.15) is 5.75 Å². The summed E-state index contributed by atoms with van der Waals surface area (Å²) in [5.74, 6) is -0.713. The Morgan fingerprint density at radius 3 is 2.71 bits per heavy atom. The summed E-state index contributed by atoms with van der Waals surface area (Å²) < 4.78 is 22.4. The second-order valence-electron chi connectivity index (χ2n) is 6.40. The van der Waals surface area contributed by atoms with Crippen LogP contribution in [0.15, 0.2) is 29.1 Å². The monoisotopic (exact) mass is 387 g/mol. The number of nitrogens with zero attached hydrogens (tertiary/aromatic N) is 1. The van der Waals surface area contributed by atoms with Crippen molar-refractivity contribution >= 4 is 11.9 Å². The molecule has 0 saturated carbocycles. The van der Waals surface area contributed by atoms with Crippen molar-refractivity contribution in [2.24, 2.45) is 7.05 Å². The van der Waals surface area contributed by atoms with Gasteiger partial charge in [-0.15, -0.1) is 0 Å². The summed E-state index contributed by atoms with van der Waals surface area (Å²) in [5, 5.41) is 0. The number of aryl methyl sites for hydroxylation is 1. The molecule has 0 bridgehead atoms. The molecule has 0 saturated heterocycles. The van der Waals surface area contributed by atoms with Crippen molar-refractivity contribution in [2.75, 3.05) is 20.8 Å². The molecule has 0 aliphatic carbocycles. The van der Waals surface area contributed by atoms with Gasteiger partial charge >= 0.3 is 11.9 Å². The van der Waals surface area contributed by atoms with Crippen LogP contribution in [0.25, 0.3) is 0 Å². The van der Waals surface area contributed by atoms with Gasteiger partial charge in [0, 0.05) is 30.3 Å². The average molecular weight is 387 g/mol. The minimum Gasteiger partial charge on any atom is -0.493 e. The highest BCUT2D eigenvalue weighted by Gasteiger charge is 2.34. The minimum absolute atomic E-state index is 0.0347. The van der Waals surface area contributed by atoms with Crippen LogP contribution in [0.2, 0.25) is 0 Å². The summed E-state index contributed by atoms with van der Waals surface area (Å²) in [6.45, 7) is 1.43. The number of esters is 2. The molecular formula is C20H21NO7. The lowest BCUT2D eigenvalue weighted by Crippen LogP contribution is -2.32. The molecule has 1 unspecified atom stereocenters. The first kappa shape index (κ1) is 19.5. The third kappa shape index (κ3) is 3.45. The Labute approximate surface area is 161 Å². The Morgan fingerprint density at radius 1 is 1.29 bits per heavy atom. The molecule has 0 fully saturated rings. The van der Waals surface area contributed by atoms with Gasteiger partial charge in [0.2, 0.25) is 0 Å². The van der Waals surface area contributed by atoms with E-state index < -0.39 is 17.9 Å². The van der Waals surface area contributed by atoms with E-state index in [0.717, 1.165) is 0 Å². The maximum Gasteiger partial charge on any atom is 0.343 e. The topological polar surface area (TPSA) is 93.1 Å². The lowest BCUT2D eigenvalue weighted by Gasteiger charge is -2.27. The molecule has 1 aromatic heterocycles. The third-order valence-corrected chi connectivity index (χ3v) is 4.78. The molecule has 8 heteroatoms. The highest BCUT2D eigenvalue weighted by molar-refractivity contribution is 5.78. The van der Waals surface area contributed by atoms with Crippen molar-refractivity contribution in [3.8, 4) is 17.2 Å². The van der Waals surface area contributed by atoms with Crippen LogP contribution in [0, 0.1) is 6.92 Å². The second-order valence-corrected chi connectivity index (χ2v) is 6.40. The van der Waals surface area contributed by atoms with Crippen molar-refractivity contribution < 1.29 is 28.5 Å². The zero-order valence-corrected chi connectivity index (χ0v) is 16.1. The van der Waals surface area contributed by atoms with Crippen molar-refractivity contribution in [1.29, 1.82) is 0 Å². The Hall–Kier alpha value is -3.29. The average Bonchev–Trinajstić information content (AvgIpc) is 2.69. The minimum atomic E-state index is -0.599. The smallest absolute Gasteiger partial charge is 0.343 e. The van der Waals surface area contributed by atoms with E-state index in [0.29, 0.717) is 22.6 Å². The highest BCUT2D eigenvalue weighted by atomic mass is 16.6. The van der Waals surface area contributed by atoms with Crippen LogP contribution >= 0.6 is 0 Å². The number of hydrogen-bond acceptors (Lipinski definition) is 7. The summed E-state index contributed by atoms with van der Waals surface area (Å²) in [6.07, 6.45) is -0.0347. The van der Waals surface area contributed by atoms with E-state index in [1.807, 2.05) is 0 Å². The number of pyridine rings is 1. The van der Waals surface area contributed by atoms with Gasteiger partial charge in [-0.25, -0.2) is 4.79 Å². The molecule has 2 heterocycles. The first-order valence-corrected chi connectivity index (χ1v) is 8.65. The van der Waals surface area contributed by atoms with Crippen LogP contribution in [0.3, 0.4) is 0 Å². The molecule has 8 nitrogen and oxygen atoms in total. The number of ether oxygens (including phenoxy) is 4. The van der Waals surface area contributed by atoms with Crippen molar-refractivity contribution in [1.82, 2.24) is 4.57 Å². The SMILES string of the molecule is COC(=O)COc1c(OC)cccc1C1CC(=O)Oc2cc(C)n(C)c(=O)c21.